The minimum Gasteiger partial charge on any atom is -0.320 e. The quantitative estimate of drug-likeness (QED) is 0.612. The van der Waals surface area contributed by atoms with Gasteiger partial charge in [0, 0.05) is 13.1 Å². The molecule has 1 N–H and O–H groups in total. The Morgan fingerprint density at radius 1 is 1.60 bits per heavy atom. The molecule has 0 saturated carbocycles. The molecule has 1 atom stereocenters. The third kappa shape index (κ3) is 2.67. The second-order valence-electron chi connectivity index (χ2n) is 3.03. The maximum Gasteiger partial charge on any atom is 0.0162 e. The van der Waals surface area contributed by atoms with Crippen molar-refractivity contribution in [2.45, 2.75) is 19.3 Å². The first kappa shape index (κ1) is 8.02. The van der Waals surface area contributed by atoms with Crippen LogP contribution < -0.4 is 10.6 Å². The van der Waals surface area contributed by atoms with Crippen molar-refractivity contribution in [3.63, 3.8) is 0 Å². The van der Waals surface area contributed by atoms with Crippen LogP contribution in [0.15, 0.2) is 0 Å². The summed E-state index contributed by atoms with van der Waals surface area (Å²) in [6, 6.07) is 0. The second kappa shape index (κ2) is 4.69. The lowest BCUT2D eigenvalue weighted by molar-refractivity contribution is 0.350. The van der Waals surface area contributed by atoms with Crippen LogP contribution in [-0.2, 0) is 0 Å². The van der Waals surface area contributed by atoms with Gasteiger partial charge in [-0.1, -0.05) is 0 Å². The largest absolute Gasteiger partial charge is 0.320 e. The average molecular weight is 141 g/mol. The minimum absolute atomic E-state index is 0.876. The molecule has 0 spiro atoms. The molecule has 0 amide bonds. The zero-order valence-electron chi connectivity index (χ0n) is 6.77. The molecular formula is C8H17N2. The van der Waals surface area contributed by atoms with Crippen LogP contribution in [0.4, 0.5) is 0 Å². The number of rotatable bonds is 3. The zero-order chi connectivity index (χ0) is 7.23. The molecule has 1 unspecified atom stereocenters. The second-order valence-corrected chi connectivity index (χ2v) is 3.03. The van der Waals surface area contributed by atoms with E-state index in [1.54, 1.807) is 0 Å². The van der Waals surface area contributed by atoms with E-state index in [0.29, 0.717) is 0 Å². The van der Waals surface area contributed by atoms with Gasteiger partial charge in [0.25, 0.3) is 0 Å². The Kier molecular flexibility index (Phi) is 3.76. The molecule has 1 heterocycles. The third-order valence-electron chi connectivity index (χ3n) is 2.12. The molecule has 10 heavy (non-hydrogen) atoms. The number of nitrogens with one attached hydrogen (secondary N) is 1. The summed E-state index contributed by atoms with van der Waals surface area (Å²) in [4.78, 5) is 0. The highest BCUT2D eigenvalue weighted by molar-refractivity contribution is 4.68. The van der Waals surface area contributed by atoms with E-state index in [1.807, 2.05) is 7.05 Å². The van der Waals surface area contributed by atoms with E-state index < -0.39 is 0 Å². The van der Waals surface area contributed by atoms with Crippen molar-refractivity contribution in [3.8, 4) is 0 Å². The fourth-order valence-electron chi connectivity index (χ4n) is 1.44. The molecule has 0 bridgehead atoms. The van der Waals surface area contributed by atoms with E-state index >= 15 is 0 Å². The smallest absolute Gasteiger partial charge is 0.0162 e. The Bertz CT molecular complexity index is 77.3. The predicted octanol–water partition coefficient (Wildman–Crippen LogP) is 0.610. The molecule has 2 heteroatoms. The molecule has 0 aromatic carbocycles. The molecule has 0 aromatic heterocycles. The van der Waals surface area contributed by atoms with Crippen LogP contribution in [0.1, 0.15) is 19.3 Å². The van der Waals surface area contributed by atoms with Crippen molar-refractivity contribution in [1.82, 2.24) is 10.6 Å². The van der Waals surface area contributed by atoms with E-state index in [-0.39, 0.29) is 0 Å². The van der Waals surface area contributed by atoms with Gasteiger partial charge < -0.3 is 5.32 Å². The van der Waals surface area contributed by atoms with Crippen molar-refractivity contribution in [3.05, 3.63) is 0 Å². The zero-order valence-corrected chi connectivity index (χ0v) is 6.77. The highest BCUT2D eigenvalue weighted by Crippen LogP contribution is 2.13. The summed E-state index contributed by atoms with van der Waals surface area (Å²) in [5.74, 6) is 0.876. The van der Waals surface area contributed by atoms with Gasteiger partial charge in [-0.25, -0.2) is 5.32 Å². The predicted molar refractivity (Wildman–Crippen MR) is 43.1 cm³/mol. The van der Waals surface area contributed by atoms with E-state index in [0.717, 1.165) is 25.6 Å². The normalized spacial score (nSPS) is 26.7. The maximum absolute atomic E-state index is 4.38. The van der Waals surface area contributed by atoms with Gasteiger partial charge in [-0.2, -0.15) is 0 Å². The lowest BCUT2D eigenvalue weighted by atomic mass is 9.96. The minimum atomic E-state index is 0.876. The number of hydrogen-bond acceptors (Lipinski definition) is 1. The molecule has 1 rings (SSSR count). The molecule has 1 aliphatic rings. The Morgan fingerprint density at radius 3 is 3.10 bits per heavy atom. The molecule has 1 radical (unpaired) electrons. The summed E-state index contributed by atoms with van der Waals surface area (Å²) in [6.07, 6.45) is 4.01. The number of hydrogen-bond donors (Lipinski definition) is 1. The molecule has 59 valence electrons. The maximum atomic E-state index is 4.38. The van der Waals surface area contributed by atoms with Crippen LogP contribution in [0, 0.1) is 5.92 Å². The molecule has 1 aliphatic heterocycles. The van der Waals surface area contributed by atoms with Gasteiger partial charge in [0.2, 0.25) is 0 Å². The fraction of sp³-hybridized carbons (Fsp3) is 1.00. The van der Waals surface area contributed by atoms with Gasteiger partial charge >= 0.3 is 0 Å². The summed E-state index contributed by atoms with van der Waals surface area (Å²) >= 11 is 0. The number of nitrogens with zero attached hydrogens (tertiary/aromatic N) is 1. The molecule has 1 fully saturated rings. The van der Waals surface area contributed by atoms with Crippen molar-refractivity contribution >= 4 is 0 Å². The van der Waals surface area contributed by atoms with E-state index in [9.17, 15) is 0 Å². The van der Waals surface area contributed by atoms with Crippen molar-refractivity contribution < 1.29 is 0 Å². The van der Waals surface area contributed by atoms with Gasteiger partial charge in [0.1, 0.15) is 0 Å². The standard InChI is InChI=1S/C8H17N2/c1-9-6-4-8-3-2-5-10-7-8/h8-9H,2-7H2,1H3. The summed E-state index contributed by atoms with van der Waals surface area (Å²) in [5.41, 5.74) is 0. The lowest BCUT2D eigenvalue weighted by Gasteiger charge is -2.20. The Hall–Kier alpha value is -0.0800. The van der Waals surface area contributed by atoms with Crippen molar-refractivity contribution in [1.29, 1.82) is 0 Å². The number of piperidine rings is 1. The van der Waals surface area contributed by atoms with Gasteiger partial charge in [-0.3, -0.25) is 0 Å². The van der Waals surface area contributed by atoms with E-state index in [4.69, 9.17) is 0 Å². The van der Waals surface area contributed by atoms with Gasteiger partial charge in [0.05, 0.1) is 0 Å². The SMILES string of the molecule is CNCCC1CCC[N]C1. The van der Waals surface area contributed by atoms with E-state index in [1.165, 1.54) is 19.3 Å². The Morgan fingerprint density at radius 2 is 2.50 bits per heavy atom. The van der Waals surface area contributed by atoms with Crippen LogP contribution in [0.5, 0.6) is 0 Å². The molecule has 0 aliphatic carbocycles. The van der Waals surface area contributed by atoms with Crippen LogP contribution in [0.3, 0.4) is 0 Å². The molecule has 0 aromatic rings. The highest BCUT2D eigenvalue weighted by Gasteiger charge is 2.12. The van der Waals surface area contributed by atoms with Gasteiger partial charge in [-0.05, 0) is 38.8 Å². The summed E-state index contributed by atoms with van der Waals surface area (Å²) in [6.45, 7) is 3.37. The molecular weight excluding hydrogens is 124 g/mol. The van der Waals surface area contributed by atoms with Crippen LogP contribution >= 0.6 is 0 Å². The summed E-state index contributed by atoms with van der Waals surface area (Å²) < 4.78 is 0. The third-order valence-corrected chi connectivity index (χ3v) is 2.12. The highest BCUT2D eigenvalue weighted by atomic mass is 14.9. The van der Waals surface area contributed by atoms with Crippen LogP contribution in [0.2, 0.25) is 0 Å². The fourth-order valence-corrected chi connectivity index (χ4v) is 1.44. The topological polar surface area (TPSA) is 26.1 Å². The van der Waals surface area contributed by atoms with E-state index in [2.05, 4.69) is 10.6 Å². The summed E-state index contributed by atoms with van der Waals surface area (Å²) in [7, 11) is 2.01. The first-order valence-corrected chi connectivity index (χ1v) is 4.21. The van der Waals surface area contributed by atoms with Crippen LogP contribution in [-0.4, -0.2) is 26.7 Å². The molecule has 2 nitrogen and oxygen atoms in total. The Labute approximate surface area is 63.4 Å². The summed E-state index contributed by atoms with van der Waals surface area (Å²) in [5, 5.41) is 7.56. The average Bonchev–Trinajstić information content (AvgIpc) is 2.03. The monoisotopic (exact) mass is 141 g/mol. The first-order chi connectivity index (χ1) is 4.93. The van der Waals surface area contributed by atoms with Gasteiger partial charge in [-0.15, -0.1) is 0 Å². The van der Waals surface area contributed by atoms with Gasteiger partial charge in [0.15, 0.2) is 0 Å². The van der Waals surface area contributed by atoms with Crippen molar-refractivity contribution in [2.75, 3.05) is 26.7 Å². The van der Waals surface area contributed by atoms with Crippen molar-refractivity contribution in [2.24, 2.45) is 5.92 Å². The lowest BCUT2D eigenvalue weighted by Crippen LogP contribution is -2.26. The Balaban J connectivity index is 2.02. The molecule has 1 saturated heterocycles. The van der Waals surface area contributed by atoms with Crippen LogP contribution in [0.25, 0.3) is 0 Å². The first-order valence-electron chi connectivity index (χ1n) is 4.21.